The van der Waals surface area contributed by atoms with Gasteiger partial charge in [0, 0.05) is 12.8 Å². The third-order valence-corrected chi connectivity index (χ3v) is 11.0. The van der Waals surface area contributed by atoms with E-state index in [9.17, 15) is 9.59 Å². The molecule has 0 aliphatic heterocycles. The summed E-state index contributed by atoms with van der Waals surface area (Å²) in [6.45, 7) is 4.54. The Morgan fingerprint density at radius 1 is 0.393 bits per heavy atom. The molecule has 0 aromatic heterocycles. The summed E-state index contributed by atoms with van der Waals surface area (Å²) >= 11 is 0. The fourth-order valence-electron chi connectivity index (χ4n) is 7.36. The van der Waals surface area contributed by atoms with Crippen molar-refractivity contribution in [1.29, 1.82) is 0 Å². The van der Waals surface area contributed by atoms with Gasteiger partial charge < -0.3 is 9.84 Å². The molecule has 0 radical (unpaired) electrons. The first-order valence-corrected chi connectivity index (χ1v) is 24.6. The van der Waals surface area contributed by atoms with E-state index in [4.69, 9.17) is 9.84 Å². The molecule has 0 spiro atoms. The molecule has 1 unspecified atom stereocenters. The van der Waals surface area contributed by atoms with Crippen LogP contribution < -0.4 is 0 Å². The van der Waals surface area contributed by atoms with Gasteiger partial charge in [0.05, 0.1) is 0 Å². The number of aliphatic carboxylic acids is 1. The van der Waals surface area contributed by atoms with Gasteiger partial charge in [0.15, 0.2) is 0 Å². The predicted octanol–water partition coefficient (Wildman–Crippen LogP) is 17.5. The lowest BCUT2D eigenvalue weighted by molar-refractivity contribution is -0.150. The van der Waals surface area contributed by atoms with E-state index in [1.54, 1.807) is 0 Å². The van der Waals surface area contributed by atoms with Gasteiger partial charge >= 0.3 is 11.9 Å². The largest absolute Gasteiger partial charge is 0.481 e. The highest BCUT2D eigenvalue weighted by Gasteiger charge is 2.14. The molecule has 0 fully saturated rings. The minimum absolute atomic E-state index is 0.00997. The van der Waals surface area contributed by atoms with Gasteiger partial charge in [0.2, 0.25) is 0 Å². The number of hydrogen-bond donors (Lipinski definition) is 1. The molecule has 4 heteroatoms. The number of allylic oxidation sites excluding steroid dienone is 8. The van der Waals surface area contributed by atoms with E-state index in [1.165, 1.54) is 154 Å². The number of ether oxygens (including phenoxy) is 1. The topological polar surface area (TPSA) is 63.6 Å². The van der Waals surface area contributed by atoms with Crippen LogP contribution in [0.15, 0.2) is 48.6 Å². The summed E-state index contributed by atoms with van der Waals surface area (Å²) in [6, 6.07) is 0. The molecule has 0 rings (SSSR count). The Kier molecular flexibility index (Phi) is 45.5. The maximum Gasteiger partial charge on any atom is 0.306 e. The van der Waals surface area contributed by atoms with Gasteiger partial charge in [-0.05, 0) is 103 Å². The highest BCUT2D eigenvalue weighted by molar-refractivity contribution is 5.69. The average Bonchev–Trinajstić information content (AvgIpc) is 3.19. The van der Waals surface area contributed by atoms with Crippen LogP contribution in [0.3, 0.4) is 0 Å². The third kappa shape index (κ3) is 46.3. The summed E-state index contributed by atoms with van der Waals surface area (Å²) in [5, 5.41) is 8.86. The van der Waals surface area contributed by atoms with Crippen molar-refractivity contribution in [3.8, 4) is 0 Å². The van der Waals surface area contributed by atoms with Crippen LogP contribution in [0.5, 0.6) is 0 Å². The summed E-state index contributed by atoms with van der Waals surface area (Å²) in [7, 11) is 0. The highest BCUT2D eigenvalue weighted by atomic mass is 16.5. The van der Waals surface area contributed by atoms with Crippen molar-refractivity contribution in [3.63, 3.8) is 0 Å². The van der Waals surface area contributed by atoms with E-state index in [2.05, 4.69) is 62.5 Å². The molecule has 0 aromatic carbocycles. The fraction of sp³-hybridized carbons (Fsp3) is 0.808. The quantitative estimate of drug-likeness (QED) is 0.0380. The zero-order valence-electron chi connectivity index (χ0n) is 37.4. The van der Waals surface area contributed by atoms with Crippen LogP contribution in [-0.4, -0.2) is 23.1 Å². The zero-order valence-corrected chi connectivity index (χ0v) is 37.4. The van der Waals surface area contributed by atoms with Gasteiger partial charge in [-0.15, -0.1) is 0 Å². The average molecular weight is 783 g/mol. The number of esters is 1. The van der Waals surface area contributed by atoms with Crippen LogP contribution in [0.1, 0.15) is 264 Å². The number of carbonyl (C=O) groups excluding carboxylic acids is 1. The van der Waals surface area contributed by atoms with Gasteiger partial charge in [0.25, 0.3) is 0 Å². The molecule has 4 nitrogen and oxygen atoms in total. The second-order valence-corrected chi connectivity index (χ2v) is 16.6. The van der Waals surface area contributed by atoms with Gasteiger partial charge in [-0.2, -0.15) is 0 Å². The fourth-order valence-corrected chi connectivity index (χ4v) is 7.36. The standard InChI is InChI=1S/C52H94O4/c1-3-5-7-9-11-13-15-17-19-20-21-22-23-24-25-26-28-30-32-34-36-41-45-49-52(55)56-50(47-43-39-37-40-44-48-51(53)54)46-42-38-35-33-31-29-27-18-16-14-12-10-8-6-4-2/h15-18,20-21,29,31,50H,3-14,19,22-28,30,32-49H2,1-2H3,(H,53,54)/b17-15-,18-16-,21-20-,31-29-. The number of carbonyl (C=O) groups is 2. The first-order valence-electron chi connectivity index (χ1n) is 24.6. The molecule has 0 saturated heterocycles. The maximum absolute atomic E-state index is 12.8. The molecule has 0 heterocycles. The Bertz CT molecular complexity index is 931. The van der Waals surface area contributed by atoms with E-state index in [0.717, 1.165) is 83.5 Å². The predicted molar refractivity (Wildman–Crippen MR) is 245 cm³/mol. The Hall–Kier alpha value is -2.10. The van der Waals surface area contributed by atoms with Crippen molar-refractivity contribution in [1.82, 2.24) is 0 Å². The van der Waals surface area contributed by atoms with E-state index >= 15 is 0 Å². The van der Waals surface area contributed by atoms with E-state index < -0.39 is 5.97 Å². The molecule has 56 heavy (non-hydrogen) atoms. The van der Waals surface area contributed by atoms with Crippen molar-refractivity contribution in [3.05, 3.63) is 48.6 Å². The van der Waals surface area contributed by atoms with Crippen molar-refractivity contribution in [2.24, 2.45) is 0 Å². The van der Waals surface area contributed by atoms with Crippen LogP contribution in [-0.2, 0) is 14.3 Å². The minimum Gasteiger partial charge on any atom is -0.481 e. The Labute approximate surface area is 349 Å². The number of rotatable bonds is 45. The molecule has 0 aliphatic carbocycles. The highest BCUT2D eigenvalue weighted by Crippen LogP contribution is 2.19. The molecule has 0 aliphatic rings. The van der Waals surface area contributed by atoms with Crippen molar-refractivity contribution < 1.29 is 19.4 Å². The minimum atomic E-state index is -0.703. The monoisotopic (exact) mass is 783 g/mol. The molecule has 326 valence electrons. The lowest BCUT2D eigenvalue weighted by atomic mass is 10.0. The van der Waals surface area contributed by atoms with Gasteiger partial charge in [-0.25, -0.2) is 0 Å². The SMILES string of the molecule is CCCCCCC/C=C\C/C=C\CCCCCCCCCCCCCC(=O)OC(CCCCC/C=C\C/C=C\CCCCCCC)CCCCCCCC(=O)O. The Morgan fingerprint density at radius 3 is 1.07 bits per heavy atom. The number of carboxylic acid groups (broad SMARTS) is 1. The normalized spacial score (nSPS) is 12.6. The summed E-state index contributed by atoms with van der Waals surface area (Å²) in [5.74, 6) is -0.713. The first kappa shape index (κ1) is 53.9. The second-order valence-electron chi connectivity index (χ2n) is 16.6. The summed E-state index contributed by atoms with van der Waals surface area (Å²) in [6.07, 6.45) is 64.4. The molecule has 0 aromatic rings. The van der Waals surface area contributed by atoms with E-state index in [-0.39, 0.29) is 18.5 Å². The summed E-state index contributed by atoms with van der Waals surface area (Å²) in [5.41, 5.74) is 0. The maximum atomic E-state index is 12.8. The molecule has 0 amide bonds. The molecular formula is C52H94O4. The Balaban J connectivity index is 3.97. The number of unbranched alkanes of at least 4 members (excludes halogenated alkanes) is 28. The smallest absolute Gasteiger partial charge is 0.306 e. The van der Waals surface area contributed by atoms with Gasteiger partial charge in [-0.1, -0.05) is 197 Å². The Morgan fingerprint density at radius 2 is 0.696 bits per heavy atom. The van der Waals surface area contributed by atoms with E-state index in [1.807, 2.05) is 0 Å². The van der Waals surface area contributed by atoms with Crippen LogP contribution in [0, 0.1) is 0 Å². The second kappa shape index (κ2) is 47.3. The van der Waals surface area contributed by atoms with Crippen LogP contribution in [0.2, 0.25) is 0 Å². The zero-order chi connectivity index (χ0) is 40.7. The van der Waals surface area contributed by atoms with Crippen LogP contribution in [0.25, 0.3) is 0 Å². The lowest BCUT2D eigenvalue weighted by Gasteiger charge is -2.18. The molecular weight excluding hydrogens is 689 g/mol. The molecule has 0 saturated carbocycles. The number of carboxylic acids is 1. The van der Waals surface area contributed by atoms with Gasteiger partial charge in [-0.3, -0.25) is 9.59 Å². The van der Waals surface area contributed by atoms with Crippen molar-refractivity contribution in [2.75, 3.05) is 0 Å². The van der Waals surface area contributed by atoms with Crippen LogP contribution >= 0.6 is 0 Å². The third-order valence-electron chi connectivity index (χ3n) is 11.0. The lowest BCUT2D eigenvalue weighted by Crippen LogP contribution is -2.18. The first-order chi connectivity index (χ1) is 27.6. The molecule has 1 atom stereocenters. The molecule has 1 N–H and O–H groups in total. The summed E-state index contributed by atoms with van der Waals surface area (Å²) < 4.78 is 6.03. The van der Waals surface area contributed by atoms with Crippen molar-refractivity contribution >= 4 is 11.9 Å². The molecule has 0 bridgehead atoms. The van der Waals surface area contributed by atoms with Gasteiger partial charge in [0.1, 0.15) is 6.10 Å². The van der Waals surface area contributed by atoms with E-state index in [0.29, 0.717) is 6.42 Å². The van der Waals surface area contributed by atoms with Crippen LogP contribution in [0.4, 0.5) is 0 Å². The van der Waals surface area contributed by atoms with Crippen molar-refractivity contribution in [2.45, 2.75) is 270 Å². The summed E-state index contributed by atoms with van der Waals surface area (Å²) in [4.78, 5) is 23.5. The number of hydrogen-bond acceptors (Lipinski definition) is 3.